The SMILES string of the molecule is O=c1ccn(-c2cc(F)cc(F)c2)nc1COc1ccc2ncccc2c1. The van der Waals surface area contributed by atoms with Crippen molar-refractivity contribution < 1.29 is 13.5 Å². The third kappa shape index (κ3) is 3.67. The van der Waals surface area contributed by atoms with Gasteiger partial charge in [0.25, 0.3) is 0 Å². The van der Waals surface area contributed by atoms with Crippen molar-refractivity contribution in [3.8, 4) is 11.4 Å². The topological polar surface area (TPSA) is 57.0 Å². The van der Waals surface area contributed by atoms with Crippen LogP contribution >= 0.6 is 0 Å². The molecule has 2 aromatic carbocycles. The summed E-state index contributed by atoms with van der Waals surface area (Å²) in [7, 11) is 0. The van der Waals surface area contributed by atoms with E-state index in [4.69, 9.17) is 4.74 Å². The molecule has 134 valence electrons. The summed E-state index contributed by atoms with van der Waals surface area (Å²) in [5.74, 6) is -0.898. The summed E-state index contributed by atoms with van der Waals surface area (Å²) in [5.41, 5.74) is 0.794. The molecule has 4 rings (SSSR count). The predicted octanol–water partition coefficient (Wildman–Crippen LogP) is 3.64. The summed E-state index contributed by atoms with van der Waals surface area (Å²) >= 11 is 0. The van der Waals surface area contributed by atoms with Crippen LogP contribution < -0.4 is 10.2 Å². The van der Waals surface area contributed by atoms with E-state index < -0.39 is 11.6 Å². The first-order valence-electron chi connectivity index (χ1n) is 8.11. The van der Waals surface area contributed by atoms with Crippen molar-refractivity contribution in [3.63, 3.8) is 0 Å². The molecule has 0 amide bonds. The first-order chi connectivity index (χ1) is 13.1. The van der Waals surface area contributed by atoms with Crippen LogP contribution in [-0.4, -0.2) is 14.8 Å². The number of ether oxygens (including phenoxy) is 1. The molecule has 0 bridgehead atoms. The number of hydrogen-bond donors (Lipinski definition) is 0. The number of nitrogens with zero attached hydrogens (tertiary/aromatic N) is 3. The molecule has 0 aliphatic heterocycles. The van der Waals surface area contributed by atoms with Gasteiger partial charge in [-0.2, -0.15) is 5.10 Å². The standard InChI is InChI=1S/C20H13F2N3O2/c21-14-9-15(22)11-16(10-14)25-7-5-20(26)19(24-25)12-27-17-3-4-18-13(8-17)2-1-6-23-18/h1-11H,12H2. The molecule has 0 spiro atoms. The van der Waals surface area contributed by atoms with Crippen molar-refractivity contribution >= 4 is 10.9 Å². The number of pyridine rings is 1. The van der Waals surface area contributed by atoms with Crippen LogP contribution in [0.5, 0.6) is 5.75 Å². The fourth-order valence-electron chi connectivity index (χ4n) is 2.66. The number of hydrogen-bond acceptors (Lipinski definition) is 4. The van der Waals surface area contributed by atoms with E-state index in [1.807, 2.05) is 24.3 Å². The second kappa shape index (κ2) is 6.95. The van der Waals surface area contributed by atoms with E-state index in [0.29, 0.717) is 5.75 Å². The zero-order valence-corrected chi connectivity index (χ0v) is 14.0. The van der Waals surface area contributed by atoms with Crippen LogP contribution in [0.15, 0.2) is 71.8 Å². The number of halogens is 2. The van der Waals surface area contributed by atoms with Gasteiger partial charge in [0.15, 0.2) is 0 Å². The first kappa shape index (κ1) is 16.8. The maximum Gasteiger partial charge on any atom is 0.206 e. The van der Waals surface area contributed by atoms with Gasteiger partial charge >= 0.3 is 0 Å². The second-order valence-corrected chi connectivity index (χ2v) is 5.85. The molecule has 0 aliphatic carbocycles. The van der Waals surface area contributed by atoms with Crippen molar-refractivity contribution in [2.24, 2.45) is 0 Å². The third-order valence-electron chi connectivity index (χ3n) is 3.94. The molecule has 2 aromatic heterocycles. The van der Waals surface area contributed by atoms with Crippen LogP contribution in [0.3, 0.4) is 0 Å². The van der Waals surface area contributed by atoms with Gasteiger partial charge in [-0.25, -0.2) is 13.5 Å². The van der Waals surface area contributed by atoms with E-state index in [0.717, 1.165) is 29.1 Å². The Morgan fingerprint density at radius 1 is 1.00 bits per heavy atom. The van der Waals surface area contributed by atoms with Gasteiger partial charge in [0.2, 0.25) is 5.43 Å². The van der Waals surface area contributed by atoms with E-state index in [1.54, 1.807) is 12.3 Å². The maximum absolute atomic E-state index is 13.4. The molecule has 27 heavy (non-hydrogen) atoms. The molecule has 0 saturated carbocycles. The lowest BCUT2D eigenvalue weighted by Crippen LogP contribution is -2.18. The highest BCUT2D eigenvalue weighted by atomic mass is 19.1. The van der Waals surface area contributed by atoms with Crippen molar-refractivity contribution in [3.05, 3.63) is 94.5 Å². The minimum Gasteiger partial charge on any atom is -0.487 e. The van der Waals surface area contributed by atoms with Crippen LogP contribution in [0.2, 0.25) is 0 Å². The highest BCUT2D eigenvalue weighted by molar-refractivity contribution is 5.79. The van der Waals surface area contributed by atoms with Gasteiger partial charge in [-0.05, 0) is 36.4 Å². The first-order valence-corrected chi connectivity index (χ1v) is 8.11. The van der Waals surface area contributed by atoms with E-state index in [1.165, 1.54) is 16.9 Å². The summed E-state index contributed by atoms with van der Waals surface area (Å²) in [5, 5.41) is 5.04. The van der Waals surface area contributed by atoms with Gasteiger partial charge in [0, 0.05) is 29.9 Å². The Balaban J connectivity index is 1.60. The van der Waals surface area contributed by atoms with Crippen LogP contribution in [0, 0.1) is 11.6 Å². The molecule has 0 aliphatic rings. The van der Waals surface area contributed by atoms with Crippen LogP contribution in [0.4, 0.5) is 8.78 Å². The lowest BCUT2D eigenvalue weighted by molar-refractivity contribution is 0.298. The molecule has 0 N–H and O–H groups in total. The maximum atomic E-state index is 13.4. The Hall–Kier alpha value is -3.61. The van der Waals surface area contributed by atoms with E-state index in [2.05, 4.69) is 10.1 Å². The highest BCUT2D eigenvalue weighted by Gasteiger charge is 2.08. The third-order valence-corrected chi connectivity index (χ3v) is 3.94. The summed E-state index contributed by atoms with van der Waals surface area (Å²) < 4.78 is 33.7. The Bertz CT molecular complexity index is 1170. The number of fused-ring (bicyclic) bond motifs is 1. The average Bonchev–Trinajstić information content (AvgIpc) is 2.66. The van der Waals surface area contributed by atoms with Gasteiger partial charge in [0.05, 0.1) is 11.2 Å². The van der Waals surface area contributed by atoms with Crippen molar-refractivity contribution in [2.75, 3.05) is 0 Å². The number of rotatable bonds is 4. The van der Waals surface area contributed by atoms with Gasteiger partial charge < -0.3 is 4.74 Å². The van der Waals surface area contributed by atoms with Gasteiger partial charge in [-0.1, -0.05) is 6.07 Å². The predicted molar refractivity (Wildman–Crippen MR) is 95.8 cm³/mol. The van der Waals surface area contributed by atoms with Gasteiger partial charge in [-0.15, -0.1) is 0 Å². The normalized spacial score (nSPS) is 10.9. The van der Waals surface area contributed by atoms with Gasteiger partial charge in [-0.3, -0.25) is 9.78 Å². The summed E-state index contributed by atoms with van der Waals surface area (Å²) in [6, 6.07) is 13.4. The van der Waals surface area contributed by atoms with Crippen molar-refractivity contribution in [1.82, 2.24) is 14.8 Å². The highest BCUT2D eigenvalue weighted by Crippen LogP contribution is 2.19. The largest absolute Gasteiger partial charge is 0.487 e. The second-order valence-electron chi connectivity index (χ2n) is 5.85. The lowest BCUT2D eigenvalue weighted by atomic mass is 10.2. The quantitative estimate of drug-likeness (QED) is 0.554. The molecule has 4 aromatic rings. The zero-order valence-electron chi connectivity index (χ0n) is 14.0. The minimum atomic E-state index is -0.729. The number of aromatic nitrogens is 3. The molecule has 7 heteroatoms. The average molecular weight is 365 g/mol. The van der Waals surface area contributed by atoms with E-state index in [9.17, 15) is 13.6 Å². The van der Waals surface area contributed by atoms with Crippen molar-refractivity contribution in [1.29, 1.82) is 0 Å². The fraction of sp³-hybridized carbons (Fsp3) is 0.0500. The molecule has 0 radical (unpaired) electrons. The van der Waals surface area contributed by atoms with Crippen LogP contribution in [0.25, 0.3) is 16.6 Å². The molecular formula is C20H13F2N3O2. The number of benzene rings is 2. The monoisotopic (exact) mass is 365 g/mol. The molecule has 2 heterocycles. The van der Waals surface area contributed by atoms with Crippen LogP contribution in [-0.2, 0) is 6.61 Å². The summed E-state index contributed by atoms with van der Waals surface area (Å²) in [6.45, 7) is -0.0801. The smallest absolute Gasteiger partial charge is 0.206 e. The fourth-order valence-corrected chi connectivity index (χ4v) is 2.66. The molecule has 0 saturated heterocycles. The minimum absolute atomic E-state index is 0.0801. The van der Waals surface area contributed by atoms with Gasteiger partial charge in [0.1, 0.15) is 29.7 Å². The lowest BCUT2D eigenvalue weighted by Gasteiger charge is -2.09. The zero-order chi connectivity index (χ0) is 18.8. The van der Waals surface area contributed by atoms with E-state index in [-0.39, 0.29) is 23.4 Å². The van der Waals surface area contributed by atoms with Crippen LogP contribution in [0.1, 0.15) is 5.69 Å². The molecular weight excluding hydrogens is 352 g/mol. The molecule has 0 unspecified atom stereocenters. The summed E-state index contributed by atoms with van der Waals surface area (Å²) in [6.07, 6.45) is 3.05. The molecule has 0 atom stereocenters. The Kier molecular flexibility index (Phi) is 4.33. The Labute approximate surface area is 152 Å². The van der Waals surface area contributed by atoms with E-state index >= 15 is 0 Å². The molecule has 0 fully saturated rings. The Morgan fingerprint density at radius 2 is 1.81 bits per heavy atom. The van der Waals surface area contributed by atoms with Crippen molar-refractivity contribution in [2.45, 2.75) is 6.61 Å². The Morgan fingerprint density at radius 3 is 2.63 bits per heavy atom. The molecule has 5 nitrogen and oxygen atoms in total. The summed E-state index contributed by atoms with van der Waals surface area (Å²) in [4.78, 5) is 16.3.